The van der Waals surface area contributed by atoms with E-state index in [0.29, 0.717) is 17.9 Å². The zero-order chi connectivity index (χ0) is 24.7. The number of carbonyl (C=O) groups excluding carboxylic acids is 2. The Morgan fingerprint density at radius 1 is 1.43 bits per heavy atom. The lowest BCUT2D eigenvalue weighted by Gasteiger charge is -2.49. The molecule has 0 spiro atoms. The average molecular weight is 516 g/mol. The molecule has 2 aliphatic heterocycles. The molecular weight excluding hydrogens is 492 g/mol. The summed E-state index contributed by atoms with van der Waals surface area (Å²) in [5.74, 6) is -1.86. The number of pyridine rings is 1. The quantitative estimate of drug-likeness (QED) is 0.206. The van der Waals surface area contributed by atoms with Crippen LogP contribution < -0.4 is 15.6 Å². The van der Waals surface area contributed by atoms with Crippen LogP contribution in [0.2, 0.25) is 0 Å². The number of aryl methyl sites for hydroxylation is 1. The molecule has 4 N–H and O–H groups in total. The number of nitrogens with zero attached hydrogens (tertiary/aromatic N) is 4. The SMILES string of the molecule is CO/N=C(/C(=O)N[C@H]1C(=O)N2C(C(=O)O)=C(C[n+]3cccc4c3CCC4)CS[C@H]12)c1csc(N)n1. The third-order valence-corrected chi connectivity index (χ3v) is 8.21. The molecule has 1 saturated heterocycles. The van der Waals surface area contributed by atoms with Crippen molar-refractivity contribution in [3.05, 3.63) is 51.9 Å². The first-order valence-electron chi connectivity index (χ1n) is 10.9. The Morgan fingerprint density at radius 3 is 2.97 bits per heavy atom. The molecule has 5 rings (SSSR count). The molecule has 182 valence electrons. The highest BCUT2D eigenvalue weighted by Gasteiger charge is 2.55. The number of anilines is 1. The van der Waals surface area contributed by atoms with Gasteiger partial charge in [-0.25, -0.2) is 9.78 Å². The molecule has 4 heterocycles. The van der Waals surface area contributed by atoms with Crippen molar-refractivity contribution in [3.8, 4) is 0 Å². The summed E-state index contributed by atoms with van der Waals surface area (Å²) in [7, 11) is 1.29. The van der Waals surface area contributed by atoms with Crippen LogP contribution in [-0.2, 0) is 38.6 Å². The van der Waals surface area contributed by atoms with Gasteiger partial charge in [-0.3, -0.25) is 14.5 Å². The normalized spacial score (nSPS) is 21.3. The minimum absolute atomic E-state index is 0.00888. The predicted octanol–water partition coefficient (Wildman–Crippen LogP) is 0.291. The molecule has 2 aromatic rings. The van der Waals surface area contributed by atoms with Gasteiger partial charge in [0.15, 0.2) is 29.3 Å². The van der Waals surface area contributed by atoms with Gasteiger partial charge in [0.1, 0.15) is 29.9 Å². The number of nitrogen functional groups attached to an aromatic ring is 1. The highest BCUT2D eigenvalue weighted by atomic mass is 32.2. The van der Waals surface area contributed by atoms with Gasteiger partial charge in [-0.15, -0.1) is 23.1 Å². The van der Waals surface area contributed by atoms with Crippen LogP contribution in [0.4, 0.5) is 5.13 Å². The third kappa shape index (κ3) is 4.14. The number of hydrogen-bond donors (Lipinski definition) is 3. The molecule has 3 aliphatic rings. The smallest absolute Gasteiger partial charge is 0.352 e. The zero-order valence-electron chi connectivity index (χ0n) is 18.8. The number of carboxylic acids is 1. The van der Waals surface area contributed by atoms with Crippen molar-refractivity contribution in [2.45, 2.75) is 37.2 Å². The minimum Gasteiger partial charge on any atom is -0.477 e. The van der Waals surface area contributed by atoms with Crippen molar-refractivity contribution >= 4 is 51.7 Å². The maximum atomic E-state index is 13.0. The van der Waals surface area contributed by atoms with Gasteiger partial charge in [0.05, 0.1) is 0 Å². The van der Waals surface area contributed by atoms with E-state index >= 15 is 0 Å². The van der Waals surface area contributed by atoms with E-state index in [4.69, 9.17) is 10.6 Å². The van der Waals surface area contributed by atoms with Crippen LogP contribution in [0, 0.1) is 0 Å². The van der Waals surface area contributed by atoms with Crippen LogP contribution in [0.1, 0.15) is 23.4 Å². The summed E-state index contributed by atoms with van der Waals surface area (Å²) in [6.07, 6.45) is 5.01. The molecule has 0 aromatic carbocycles. The van der Waals surface area contributed by atoms with Crippen molar-refractivity contribution in [1.82, 2.24) is 15.2 Å². The molecule has 2 aromatic heterocycles. The summed E-state index contributed by atoms with van der Waals surface area (Å²) in [5.41, 5.74) is 8.92. The van der Waals surface area contributed by atoms with Crippen molar-refractivity contribution in [2.24, 2.45) is 5.16 Å². The Bertz CT molecular complexity index is 1290. The number of rotatable bonds is 7. The molecular formula is C22H23N6O5S2+. The number of thiazole rings is 1. The molecule has 35 heavy (non-hydrogen) atoms. The number of fused-ring (bicyclic) bond motifs is 2. The second kappa shape index (κ2) is 9.30. The number of nitrogens with two attached hydrogens (primary N) is 1. The first-order chi connectivity index (χ1) is 16.9. The average Bonchev–Trinajstić information content (AvgIpc) is 3.49. The van der Waals surface area contributed by atoms with Gasteiger partial charge in [-0.05, 0) is 18.9 Å². The topological polar surface area (TPSA) is 151 Å². The fourth-order valence-corrected chi connectivity index (χ4v) is 6.56. The van der Waals surface area contributed by atoms with Crippen LogP contribution in [0.3, 0.4) is 0 Å². The Morgan fingerprint density at radius 2 is 2.26 bits per heavy atom. The van der Waals surface area contributed by atoms with E-state index in [1.54, 1.807) is 5.38 Å². The maximum Gasteiger partial charge on any atom is 0.352 e. The molecule has 0 bridgehead atoms. The van der Waals surface area contributed by atoms with Gasteiger partial charge >= 0.3 is 5.97 Å². The predicted molar refractivity (Wildman–Crippen MR) is 128 cm³/mol. The van der Waals surface area contributed by atoms with Gasteiger partial charge in [0.2, 0.25) is 0 Å². The lowest BCUT2D eigenvalue weighted by Crippen LogP contribution is -2.71. The van der Waals surface area contributed by atoms with Crippen LogP contribution in [-0.4, -0.2) is 62.8 Å². The summed E-state index contributed by atoms with van der Waals surface area (Å²) >= 11 is 2.57. The second-order valence-corrected chi connectivity index (χ2v) is 10.3. The summed E-state index contributed by atoms with van der Waals surface area (Å²) in [4.78, 5) is 48.2. The molecule has 0 unspecified atom stereocenters. The highest BCUT2D eigenvalue weighted by Crippen LogP contribution is 2.40. The van der Waals surface area contributed by atoms with Crippen LogP contribution in [0.25, 0.3) is 0 Å². The third-order valence-electron chi connectivity index (χ3n) is 6.20. The first-order valence-corrected chi connectivity index (χ1v) is 12.9. The van der Waals surface area contributed by atoms with Gasteiger partial charge in [-0.1, -0.05) is 5.16 Å². The van der Waals surface area contributed by atoms with Gasteiger partial charge in [0.25, 0.3) is 11.8 Å². The number of hydrogen-bond acceptors (Lipinski definition) is 9. The Hall–Kier alpha value is -3.45. The zero-order valence-corrected chi connectivity index (χ0v) is 20.4. The summed E-state index contributed by atoms with van der Waals surface area (Å²) < 4.78 is 2.08. The molecule has 2 atom stereocenters. The Kier molecular flexibility index (Phi) is 6.19. The van der Waals surface area contributed by atoms with Crippen molar-refractivity contribution in [1.29, 1.82) is 0 Å². The van der Waals surface area contributed by atoms with Gasteiger partial charge < -0.3 is 21.0 Å². The summed E-state index contributed by atoms with van der Waals surface area (Å²) in [6, 6.07) is 3.18. The number of thioether (sulfide) groups is 1. The van der Waals surface area contributed by atoms with Crippen LogP contribution >= 0.6 is 23.1 Å². The Labute approximate surface area is 208 Å². The maximum absolute atomic E-state index is 13.0. The van der Waals surface area contributed by atoms with Crippen LogP contribution in [0.15, 0.2) is 40.1 Å². The number of aromatic nitrogens is 2. The lowest BCUT2D eigenvalue weighted by molar-refractivity contribution is -0.696. The molecule has 0 saturated carbocycles. The molecule has 0 radical (unpaired) electrons. The van der Waals surface area contributed by atoms with Gasteiger partial charge in [-0.2, -0.15) is 4.57 Å². The van der Waals surface area contributed by atoms with Crippen molar-refractivity contribution in [3.63, 3.8) is 0 Å². The number of oxime groups is 1. The molecule has 13 heteroatoms. The minimum atomic E-state index is -1.16. The van der Waals surface area contributed by atoms with Crippen molar-refractivity contribution in [2.75, 3.05) is 18.6 Å². The summed E-state index contributed by atoms with van der Waals surface area (Å²) in [5, 5.41) is 17.7. The molecule has 11 nitrogen and oxygen atoms in total. The van der Waals surface area contributed by atoms with E-state index in [1.807, 2.05) is 12.3 Å². The summed E-state index contributed by atoms with van der Waals surface area (Å²) in [6.45, 7) is 0.404. The van der Waals surface area contributed by atoms with E-state index in [1.165, 1.54) is 35.0 Å². The van der Waals surface area contributed by atoms with Crippen molar-refractivity contribution < 1.29 is 28.9 Å². The molecule has 1 aliphatic carbocycles. The van der Waals surface area contributed by atoms with Gasteiger partial charge in [0, 0.05) is 34.8 Å². The number of nitrogens with one attached hydrogen (secondary N) is 1. The van der Waals surface area contributed by atoms with E-state index in [0.717, 1.165) is 30.6 Å². The molecule has 2 amide bonds. The van der Waals surface area contributed by atoms with Crippen LogP contribution in [0.5, 0.6) is 0 Å². The van der Waals surface area contributed by atoms with E-state index in [-0.39, 0.29) is 22.2 Å². The largest absolute Gasteiger partial charge is 0.477 e. The lowest BCUT2D eigenvalue weighted by atomic mass is 10.0. The van der Waals surface area contributed by atoms with E-state index < -0.39 is 29.2 Å². The number of β-lactam (4-membered cyclic amide) rings is 1. The fraction of sp³-hybridized carbons (Fsp3) is 0.364. The molecule has 1 fully saturated rings. The highest BCUT2D eigenvalue weighted by molar-refractivity contribution is 8.00. The number of aliphatic carboxylic acids is 1. The fourth-order valence-electron chi connectivity index (χ4n) is 4.67. The number of carboxylic acid groups (broad SMARTS) is 1. The monoisotopic (exact) mass is 515 g/mol. The van der Waals surface area contributed by atoms with E-state index in [2.05, 4.69) is 26.1 Å². The van der Waals surface area contributed by atoms with E-state index in [9.17, 15) is 19.5 Å². The Balaban J connectivity index is 1.36. The number of amides is 2. The first kappa shape index (κ1) is 23.3. The number of carbonyl (C=O) groups is 3. The second-order valence-electron chi connectivity index (χ2n) is 8.27. The standard InChI is InChI=1S/C22H22N6O5S2/c1-33-26-15(13-10-35-22(23)24-13)18(29)25-16-19(30)28-17(21(31)32)12(9-34-20(16)28)8-27-7-3-5-11-4-2-6-14(11)27/h3,5,7,10,16,20H,2,4,6,8-9H2,1H3,(H3-,23,24,25,29,31,32)/p+1/b26-15+/t16-,20+/m0/s1.